The van der Waals surface area contributed by atoms with Gasteiger partial charge in [-0.2, -0.15) is 0 Å². The van der Waals surface area contributed by atoms with Crippen molar-refractivity contribution in [3.63, 3.8) is 0 Å². The Morgan fingerprint density at radius 1 is 1.47 bits per heavy atom. The Morgan fingerprint density at radius 2 is 2.29 bits per heavy atom. The van der Waals surface area contributed by atoms with E-state index in [2.05, 4.69) is 17.4 Å². The van der Waals surface area contributed by atoms with Crippen LogP contribution in [-0.4, -0.2) is 25.4 Å². The molecule has 0 bridgehead atoms. The van der Waals surface area contributed by atoms with Crippen molar-refractivity contribution >= 4 is 0 Å². The third kappa shape index (κ3) is 3.80. The number of hydrogen-bond acceptors (Lipinski definition) is 3. The van der Waals surface area contributed by atoms with Crippen molar-refractivity contribution in [2.45, 2.75) is 25.5 Å². The molecule has 1 aromatic carbocycles. The molecule has 1 unspecified atom stereocenters. The van der Waals surface area contributed by atoms with Crippen molar-refractivity contribution in [1.82, 2.24) is 5.32 Å². The van der Waals surface area contributed by atoms with Crippen molar-refractivity contribution in [1.29, 1.82) is 0 Å². The van der Waals surface area contributed by atoms with Gasteiger partial charge in [0.05, 0.1) is 19.3 Å². The van der Waals surface area contributed by atoms with E-state index in [9.17, 15) is 5.11 Å². The topological polar surface area (TPSA) is 41.5 Å². The Labute approximate surface area is 103 Å². The predicted octanol–water partition coefficient (Wildman–Crippen LogP) is 1.87. The summed E-state index contributed by atoms with van der Waals surface area (Å²) in [6.45, 7) is 1.78. The monoisotopic (exact) mass is 235 g/mol. The molecule has 0 aliphatic heterocycles. The van der Waals surface area contributed by atoms with Gasteiger partial charge in [-0.25, -0.2) is 0 Å². The zero-order chi connectivity index (χ0) is 12.1. The molecule has 0 saturated heterocycles. The molecule has 0 radical (unpaired) electrons. The molecule has 0 spiro atoms. The smallest absolute Gasteiger partial charge is 0.0713 e. The number of rotatable bonds is 7. The quantitative estimate of drug-likeness (QED) is 0.758. The number of methoxy groups -OCH3 is 1. The van der Waals surface area contributed by atoms with Crippen molar-refractivity contribution in [2.24, 2.45) is 5.92 Å². The van der Waals surface area contributed by atoms with Gasteiger partial charge in [-0.05, 0) is 36.4 Å². The zero-order valence-electron chi connectivity index (χ0n) is 10.4. The summed E-state index contributed by atoms with van der Waals surface area (Å²) >= 11 is 0. The minimum atomic E-state index is 0.0485. The van der Waals surface area contributed by atoms with Crippen LogP contribution in [0, 0.1) is 5.92 Å². The van der Waals surface area contributed by atoms with Crippen molar-refractivity contribution in [3.8, 4) is 0 Å². The summed E-state index contributed by atoms with van der Waals surface area (Å²) < 4.78 is 5.12. The van der Waals surface area contributed by atoms with E-state index >= 15 is 0 Å². The van der Waals surface area contributed by atoms with Crippen molar-refractivity contribution < 1.29 is 9.84 Å². The van der Waals surface area contributed by atoms with E-state index in [0.29, 0.717) is 6.61 Å². The van der Waals surface area contributed by atoms with Gasteiger partial charge in [0, 0.05) is 7.11 Å². The van der Waals surface area contributed by atoms with Crippen LogP contribution in [0.1, 0.15) is 30.0 Å². The summed E-state index contributed by atoms with van der Waals surface area (Å²) in [6, 6.07) is 8.27. The Hall–Kier alpha value is -0.900. The highest BCUT2D eigenvalue weighted by molar-refractivity contribution is 5.25. The fourth-order valence-corrected chi connectivity index (χ4v) is 1.99. The van der Waals surface area contributed by atoms with E-state index in [1.54, 1.807) is 7.11 Å². The summed E-state index contributed by atoms with van der Waals surface area (Å²) in [5.74, 6) is 0.825. The summed E-state index contributed by atoms with van der Waals surface area (Å²) in [4.78, 5) is 0. The molecule has 1 aliphatic rings. The molecular formula is C14H21NO2. The molecule has 3 nitrogen and oxygen atoms in total. The van der Waals surface area contributed by atoms with Crippen LogP contribution >= 0.6 is 0 Å². The van der Waals surface area contributed by atoms with Crippen LogP contribution in [0.15, 0.2) is 24.3 Å². The largest absolute Gasteiger partial charge is 0.394 e. The number of nitrogens with one attached hydrogen (secondary N) is 1. The molecule has 0 heterocycles. The highest BCUT2D eigenvalue weighted by atomic mass is 16.5. The van der Waals surface area contributed by atoms with E-state index in [0.717, 1.165) is 23.6 Å². The first-order valence-corrected chi connectivity index (χ1v) is 6.25. The second-order valence-electron chi connectivity index (χ2n) is 4.76. The third-order valence-electron chi connectivity index (χ3n) is 3.20. The van der Waals surface area contributed by atoms with Gasteiger partial charge >= 0.3 is 0 Å². The standard InChI is InChI=1S/C14H21NO2/c1-17-10-12-3-2-4-13(7-12)14(9-16)15-8-11-5-6-11/h2-4,7,11,14-16H,5-6,8-10H2,1H3. The second kappa shape index (κ2) is 6.15. The molecule has 2 rings (SSSR count). The summed E-state index contributed by atoms with van der Waals surface area (Å²) in [5.41, 5.74) is 2.29. The lowest BCUT2D eigenvalue weighted by atomic mass is 10.0. The van der Waals surface area contributed by atoms with Crippen LogP contribution in [0.4, 0.5) is 0 Å². The van der Waals surface area contributed by atoms with Crippen LogP contribution < -0.4 is 5.32 Å². The number of ether oxygens (including phenoxy) is 1. The first-order valence-electron chi connectivity index (χ1n) is 6.25. The van der Waals surface area contributed by atoms with Gasteiger partial charge in [0.1, 0.15) is 0 Å². The minimum Gasteiger partial charge on any atom is -0.394 e. The lowest BCUT2D eigenvalue weighted by molar-refractivity contribution is 0.184. The van der Waals surface area contributed by atoms with Crippen molar-refractivity contribution in [3.05, 3.63) is 35.4 Å². The molecule has 1 saturated carbocycles. The maximum absolute atomic E-state index is 9.44. The van der Waals surface area contributed by atoms with E-state index < -0.39 is 0 Å². The molecular weight excluding hydrogens is 214 g/mol. The van der Waals surface area contributed by atoms with Gasteiger partial charge in [0.15, 0.2) is 0 Å². The molecule has 17 heavy (non-hydrogen) atoms. The fourth-order valence-electron chi connectivity index (χ4n) is 1.99. The summed E-state index contributed by atoms with van der Waals surface area (Å²) in [7, 11) is 1.70. The van der Waals surface area contributed by atoms with Gasteiger partial charge in [-0.15, -0.1) is 0 Å². The zero-order valence-corrected chi connectivity index (χ0v) is 10.4. The van der Waals surface area contributed by atoms with E-state index in [4.69, 9.17) is 4.74 Å². The molecule has 1 fully saturated rings. The normalized spacial score (nSPS) is 17.1. The molecule has 1 aliphatic carbocycles. The van der Waals surface area contributed by atoms with E-state index in [1.165, 1.54) is 12.8 Å². The Kier molecular flexibility index (Phi) is 4.54. The highest BCUT2D eigenvalue weighted by Gasteiger charge is 2.22. The first-order chi connectivity index (χ1) is 8.33. The van der Waals surface area contributed by atoms with Crippen LogP contribution in [0.25, 0.3) is 0 Å². The molecule has 1 aromatic rings. The molecule has 0 aromatic heterocycles. The van der Waals surface area contributed by atoms with Gasteiger partial charge in [0.2, 0.25) is 0 Å². The lowest BCUT2D eigenvalue weighted by Gasteiger charge is -2.17. The van der Waals surface area contributed by atoms with Crippen LogP contribution in [-0.2, 0) is 11.3 Å². The molecule has 1 atom stereocenters. The number of aliphatic hydroxyl groups is 1. The third-order valence-corrected chi connectivity index (χ3v) is 3.20. The van der Waals surface area contributed by atoms with E-state index in [1.807, 2.05) is 12.1 Å². The van der Waals surface area contributed by atoms with Gasteiger partial charge in [-0.3, -0.25) is 0 Å². The van der Waals surface area contributed by atoms with E-state index in [-0.39, 0.29) is 12.6 Å². The predicted molar refractivity (Wildman–Crippen MR) is 67.7 cm³/mol. The SMILES string of the molecule is COCc1cccc(C(CO)NCC2CC2)c1. The summed E-state index contributed by atoms with van der Waals surface area (Å²) in [6.07, 6.45) is 2.66. The number of aliphatic hydroxyl groups excluding tert-OH is 1. The second-order valence-corrected chi connectivity index (χ2v) is 4.76. The lowest BCUT2D eigenvalue weighted by Crippen LogP contribution is -2.26. The maximum Gasteiger partial charge on any atom is 0.0713 e. The minimum absolute atomic E-state index is 0.0485. The molecule has 94 valence electrons. The van der Waals surface area contributed by atoms with Crippen LogP contribution in [0.2, 0.25) is 0 Å². The maximum atomic E-state index is 9.44. The number of hydrogen-bond donors (Lipinski definition) is 2. The molecule has 2 N–H and O–H groups in total. The number of benzene rings is 1. The van der Waals surface area contributed by atoms with Crippen LogP contribution in [0.5, 0.6) is 0 Å². The fraction of sp³-hybridized carbons (Fsp3) is 0.571. The first kappa shape index (κ1) is 12.6. The van der Waals surface area contributed by atoms with Gasteiger partial charge < -0.3 is 15.2 Å². The van der Waals surface area contributed by atoms with Gasteiger partial charge in [-0.1, -0.05) is 24.3 Å². The Balaban J connectivity index is 1.97. The average molecular weight is 235 g/mol. The average Bonchev–Trinajstić information content (AvgIpc) is 3.15. The Bertz CT molecular complexity index is 350. The van der Waals surface area contributed by atoms with Crippen LogP contribution in [0.3, 0.4) is 0 Å². The molecule has 3 heteroatoms. The van der Waals surface area contributed by atoms with Crippen molar-refractivity contribution in [2.75, 3.05) is 20.3 Å². The highest BCUT2D eigenvalue weighted by Crippen LogP contribution is 2.28. The molecule has 0 amide bonds. The van der Waals surface area contributed by atoms with Gasteiger partial charge in [0.25, 0.3) is 0 Å². The summed E-state index contributed by atoms with van der Waals surface area (Å²) in [5, 5.41) is 12.9. The Morgan fingerprint density at radius 3 is 2.94 bits per heavy atom.